The Labute approximate surface area is 122 Å². The van der Waals surface area contributed by atoms with E-state index in [9.17, 15) is 4.79 Å². The second-order valence-electron chi connectivity index (χ2n) is 4.22. The summed E-state index contributed by atoms with van der Waals surface area (Å²) in [5.74, 6) is 0.857. The van der Waals surface area contributed by atoms with Gasteiger partial charge in [-0.25, -0.2) is 0 Å². The van der Waals surface area contributed by atoms with Gasteiger partial charge < -0.3 is 15.2 Å². The number of nitrogens with two attached hydrogens (primary N) is 1. The average molecular weight is 282 g/mol. The Balaban J connectivity index is 1.76. The van der Waals surface area contributed by atoms with Gasteiger partial charge in [0.25, 0.3) is 0 Å². The molecule has 0 spiro atoms. The maximum absolute atomic E-state index is 10.9. The van der Waals surface area contributed by atoms with Crippen molar-refractivity contribution in [2.24, 2.45) is 5.73 Å². The summed E-state index contributed by atoms with van der Waals surface area (Å²) in [5.41, 5.74) is 6.18. The second kappa shape index (κ2) is 6.96. The molecule has 5 heteroatoms. The SMILES string of the molecule is N#Cc1ccc(OCCOc2ccc(C(N)=O)cc2)cc1. The molecule has 0 saturated carbocycles. The van der Waals surface area contributed by atoms with E-state index in [0.29, 0.717) is 35.8 Å². The molecule has 1 amide bonds. The third kappa shape index (κ3) is 4.25. The highest BCUT2D eigenvalue weighted by Crippen LogP contribution is 2.13. The lowest BCUT2D eigenvalue weighted by Crippen LogP contribution is -2.11. The zero-order chi connectivity index (χ0) is 15.1. The van der Waals surface area contributed by atoms with E-state index >= 15 is 0 Å². The molecule has 21 heavy (non-hydrogen) atoms. The molecule has 0 aliphatic carbocycles. The monoisotopic (exact) mass is 282 g/mol. The molecular formula is C16H14N2O3. The number of hydrogen-bond acceptors (Lipinski definition) is 4. The van der Waals surface area contributed by atoms with Crippen LogP contribution in [0.15, 0.2) is 48.5 Å². The van der Waals surface area contributed by atoms with Gasteiger partial charge in [0.05, 0.1) is 11.6 Å². The first-order valence-corrected chi connectivity index (χ1v) is 6.34. The van der Waals surface area contributed by atoms with Crippen LogP contribution < -0.4 is 15.2 Å². The number of carbonyl (C=O) groups is 1. The van der Waals surface area contributed by atoms with Crippen LogP contribution in [0.5, 0.6) is 11.5 Å². The van der Waals surface area contributed by atoms with Crippen molar-refractivity contribution in [2.45, 2.75) is 0 Å². The van der Waals surface area contributed by atoms with Crippen molar-refractivity contribution in [3.8, 4) is 17.6 Å². The van der Waals surface area contributed by atoms with Crippen LogP contribution in [0.4, 0.5) is 0 Å². The van der Waals surface area contributed by atoms with Gasteiger partial charge in [0.1, 0.15) is 24.7 Å². The van der Waals surface area contributed by atoms with E-state index in [1.807, 2.05) is 6.07 Å². The van der Waals surface area contributed by atoms with Gasteiger partial charge in [-0.2, -0.15) is 5.26 Å². The lowest BCUT2D eigenvalue weighted by molar-refractivity contribution is 0.1000. The zero-order valence-electron chi connectivity index (χ0n) is 11.3. The Morgan fingerprint density at radius 2 is 1.43 bits per heavy atom. The van der Waals surface area contributed by atoms with Crippen LogP contribution in [0.1, 0.15) is 15.9 Å². The van der Waals surface area contributed by atoms with Gasteiger partial charge in [0.2, 0.25) is 5.91 Å². The van der Waals surface area contributed by atoms with Gasteiger partial charge in [-0.05, 0) is 48.5 Å². The van der Waals surface area contributed by atoms with Gasteiger partial charge in [-0.3, -0.25) is 4.79 Å². The molecule has 0 heterocycles. The van der Waals surface area contributed by atoms with Crippen LogP contribution in [0, 0.1) is 11.3 Å². The summed E-state index contributed by atoms with van der Waals surface area (Å²) in [6.45, 7) is 0.749. The quantitative estimate of drug-likeness (QED) is 0.822. The number of nitrogens with zero attached hydrogens (tertiary/aromatic N) is 1. The van der Waals surface area contributed by atoms with Crippen LogP contribution >= 0.6 is 0 Å². The number of hydrogen-bond donors (Lipinski definition) is 1. The number of carbonyl (C=O) groups excluding carboxylic acids is 1. The number of ether oxygens (including phenoxy) is 2. The second-order valence-corrected chi connectivity index (χ2v) is 4.22. The first kappa shape index (κ1) is 14.4. The fourth-order valence-electron chi connectivity index (χ4n) is 1.66. The number of primary amides is 1. The van der Waals surface area contributed by atoms with Crippen molar-refractivity contribution in [2.75, 3.05) is 13.2 Å². The largest absolute Gasteiger partial charge is 0.490 e. The van der Waals surface area contributed by atoms with Crippen molar-refractivity contribution in [3.63, 3.8) is 0 Å². The molecule has 2 aromatic carbocycles. The first-order chi connectivity index (χ1) is 10.2. The van der Waals surface area contributed by atoms with E-state index < -0.39 is 5.91 Å². The predicted octanol–water partition coefficient (Wildman–Crippen LogP) is 2.11. The fraction of sp³-hybridized carbons (Fsp3) is 0.125. The number of rotatable bonds is 6. The van der Waals surface area contributed by atoms with E-state index in [1.54, 1.807) is 48.5 Å². The van der Waals surface area contributed by atoms with Gasteiger partial charge >= 0.3 is 0 Å². The average Bonchev–Trinajstić information content (AvgIpc) is 2.52. The fourth-order valence-corrected chi connectivity index (χ4v) is 1.66. The molecule has 0 saturated heterocycles. The topological polar surface area (TPSA) is 85.3 Å². The first-order valence-electron chi connectivity index (χ1n) is 6.34. The van der Waals surface area contributed by atoms with Crippen molar-refractivity contribution >= 4 is 5.91 Å². The highest BCUT2D eigenvalue weighted by molar-refractivity contribution is 5.92. The summed E-state index contributed by atoms with van der Waals surface area (Å²) in [6.07, 6.45) is 0. The van der Waals surface area contributed by atoms with E-state index in [2.05, 4.69) is 0 Å². The molecular weight excluding hydrogens is 268 g/mol. The molecule has 0 aliphatic heterocycles. The summed E-state index contributed by atoms with van der Waals surface area (Å²) in [4.78, 5) is 10.9. The molecule has 2 rings (SSSR count). The van der Waals surface area contributed by atoms with Crippen molar-refractivity contribution in [1.29, 1.82) is 5.26 Å². The summed E-state index contributed by atoms with van der Waals surface area (Å²) >= 11 is 0. The molecule has 2 aromatic rings. The summed E-state index contributed by atoms with van der Waals surface area (Å²) in [5, 5.41) is 8.68. The molecule has 106 valence electrons. The predicted molar refractivity (Wildman–Crippen MR) is 77.1 cm³/mol. The van der Waals surface area contributed by atoms with E-state index in [0.717, 1.165) is 0 Å². The standard InChI is InChI=1S/C16H14N2O3/c17-11-12-1-5-14(6-2-12)20-9-10-21-15-7-3-13(4-8-15)16(18)19/h1-8H,9-10H2,(H2,18,19). The number of benzene rings is 2. The Morgan fingerprint density at radius 3 is 1.86 bits per heavy atom. The molecule has 2 N–H and O–H groups in total. The zero-order valence-corrected chi connectivity index (χ0v) is 11.3. The molecule has 0 atom stereocenters. The molecule has 0 aliphatic rings. The number of amides is 1. The van der Waals surface area contributed by atoms with Gasteiger partial charge in [0.15, 0.2) is 0 Å². The third-order valence-electron chi connectivity index (χ3n) is 2.74. The van der Waals surface area contributed by atoms with Crippen LogP contribution in [0.25, 0.3) is 0 Å². The maximum Gasteiger partial charge on any atom is 0.248 e. The maximum atomic E-state index is 10.9. The Morgan fingerprint density at radius 1 is 0.952 bits per heavy atom. The molecule has 0 aromatic heterocycles. The molecule has 0 bridgehead atoms. The Kier molecular flexibility index (Phi) is 4.78. The minimum absolute atomic E-state index is 0.371. The summed E-state index contributed by atoms with van der Waals surface area (Å²) < 4.78 is 11.0. The van der Waals surface area contributed by atoms with E-state index in [1.165, 1.54) is 0 Å². The third-order valence-corrected chi connectivity index (χ3v) is 2.74. The summed E-state index contributed by atoms with van der Waals surface area (Å²) in [7, 11) is 0. The van der Waals surface area contributed by atoms with Gasteiger partial charge in [-0.1, -0.05) is 0 Å². The lowest BCUT2D eigenvalue weighted by atomic mass is 10.2. The molecule has 0 radical (unpaired) electrons. The summed E-state index contributed by atoms with van der Waals surface area (Å²) in [6, 6.07) is 15.5. The Bertz CT molecular complexity index is 643. The van der Waals surface area contributed by atoms with Crippen LogP contribution in [-0.4, -0.2) is 19.1 Å². The van der Waals surface area contributed by atoms with Crippen molar-refractivity contribution in [1.82, 2.24) is 0 Å². The van der Waals surface area contributed by atoms with Gasteiger partial charge in [-0.15, -0.1) is 0 Å². The van der Waals surface area contributed by atoms with E-state index in [-0.39, 0.29) is 0 Å². The molecule has 5 nitrogen and oxygen atoms in total. The van der Waals surface area contributed by atoms with Crippen LogP contribution in [0.2, 0.25) is 0 Å². The smallest absolute Gasteiger partial charge is 0.248 e. The normalized spacial score (nSPS) is 9.67. The highest BCUT2D eigenvalue weighted by Gasteiger charge is 2.00. The Hall–Kier alpha value is -3.00. The number of nitriles is 1. The van der Waals surface area contributed by atoms with Crippen LogP contribution in [-0.2, 0) is 0 Å². The highest BCUT2D eigenvalue weighted by atomic mass is 16.5. The molecule has 0 fully saturated rings. The van der Waals surface area contributed by atoms with E-state index in [4.69, 9.17) is 20.5 Å². The van der Waals surface area contributed by atoms with Crippen molar-refractivity contribution in [3.05, 3.63) is 59.7 Å². The van der Waals surface area contributed by atoms with Gasteiger partial charge in [0, 0.05) is 5.56 Å². The molecule has 0 unspecified atom stereocenters. The van der Waals surface area contributed by atoms with Crippen molar-refractivity contribution < 1.29 is 14.3 Å². The lowest BCUT2D eigenvalue weighted by Gasteiger charge is -2.08. The minimum Gasteiger partial charge on any atom is -0.490 e. The van der Waals surface area contributed by atoms with Crippen LogP contribution in [0.3, 0.4) is 0 Å². The minimum atomic E-state index is -0.467.